The zero-order valence-corrected chi connectivity index (χ0v) is 17.0. The van der Waals surface area contributed by atoms with Crippen LogP contribution in [0.5, 0.6) is 0 Å². The van der Waals surface area contributed by atoms with Crippen molar-refractivity contribution in [3.8, 4) is 0 Å². The van der Waals surface area contributed by atoms with Crippen molar-refractivity contribution in [2.75, 3.05) is 20.8 Å². The molecular formula is C13H31NO5Si2. The van der Waals surface area contributed by atoms with Gasteiger partial charge in [-0.25, -0.2) is 4.79 Å². The van der Waals surface area contributed by atoms with E-state index in [0.717, 1.165) is 16.4 Å². The van der Waals surface area contributed by atoms with Gasteiger partial charge in [-0.2, -0.15) is 0 Å². The fraction of sp³-hybridized carbons (Fsp3) is 0.769. The van der Waals surface area contributed by atoms with Gasteiger partial charge in [-0.15, -0.1) is 0 Å². The Morgan fingerprint density at radius 1 is 1.33 bits per heavy atom. The van der Waals surface area contributed by atoms with Gasteiger partial charge >= 0.3 is 14.5 Å². The third kappa shape index (κ3) is 11.8. The Kier molecular flexibility index (Phi) is 14.3. The number of hydrogen-bond acceptors (Lipinski definition) is 6. The third-order valence-electron chi connectivity index (χ3n) is 3.06. The first-order valence-electron chi connectivity index (χ1n) is 7.03. The second-order valence-corrected chi connectivity index (χ2v) is 8.38. The summed E-state index contributed by atoms with van der Waals surface area (Å²) in [6.07, 6.45) is 1.46. The van der Waals surface area contributed by atoms with Crippen molar-refractivity contribution >= 4 is 24.9 Å². The lowest BCUT2D eigenvalue weighted by Gasteiger charge is -2.23. The molecule has 8 heteroatoms. The smallest absolute Gasteiger partial charge is 0.334 e. The van der Waals surface area contributed by atoms with Crippen LogP contribution in [0.1, 0.15) is 26.2 Å². The monoisotopic (exact) mass is 337 g/mol. The normalized spacial score (nSPS) is 12.3. The molecule has 0 saturated carbocycles. The summed E-state index contributed by atoms with van der Waals surface area (Å²) in [6, 6.07) is 0.743. The zero-order chi connectivity index (χ0) is 16.9. The fourth-order valence-corrected chi connectivity index (χ4v) is 2.90. The first kappa shape index (κ1) is 22.8. The van der Waals surface area contributed by atoms with Crippen LogP contribution in [0.15, 0.2) is 12.2 Å². The van der Waals surface area contributed by atoms with Crippen LogP contribution in [-0.4, -0.2) is 57.0 Å². The van der Waals surface area contributed by atoms with Crippen LogP contribution in [0.3, 0.4) is 0 Å². The van der Waals surface area contributed by atoms with Gasteiger partial charge in [-0.05, 0) is 38.8 Å². The molecule has 0 rings (SSSR count). The average molecular weight is 338 g/mol. The molecule has 0 fully saturated rings. The van der Waals surface area contributed by atoms with Gasteiger partial charge in [0.1, 0.15) is 0 Å². The quantitative estimate of drug-likeness (QED) is 0.257. The second-order valence-electron chi connectivity index (χ2n) is 4.79. The van der Waals surface area contributed by atoms with Gasteiger partial charge in [0.25, 0.3) is 0 Å². The number of aliphatic hydroxyl groups excluding tert-OH is 1. The number of nitrogens with two attached hydrogens (primary N) is 1. The van der Waals surface area contributed by atoms with Crippen LogP contribution in [0, 0.1) is 0 Å². The van der Waals surface area contributed by atoms with Gasteiger partial charge in [0.05, 0.1) is 23.1 Å². The molecule has 0 aliphatic heterocycles. The SMILES string of the molecule is C=C(C)C(=O)OCCCC(O)CC[Si](C)(OC)OC.N[SiH3]. The molecule has 0 aliphatic rings. The molecule has 0 spiro atoms. The lowest BCUT2D eigenvalue weighted by Crippen LogP contribution is -2.36. The van der Waals surface area contributed by atoms with Crippen LogP contribution in [-0.2, 0) is 18.4 Å². The van der Waals surface area contributed by atoms with Crippen molar-refractivity contribution < 1.29 is 23.5 Å². The molecule has 0 aromatic carbocycles. The van der Waals surface area contributed by atoms with E-state index in [1.807, 2.05) is 6.55 Å². The molecule has 0 saturated heterocycles. The third-order valence-corrected chi connectivity index (χ3v) is 5.98. The minimum Gasteiger partial charge on any atom is -0.462 e. The summed E-state index contributed by atoms with van der Waals surface area (Å²) < 4.78 is 15.6. The fourth-order valence-electron chi connectivity index (χ4n) is 1.47. The summed E-state index contributed by atoms with van der Waals surface area (Å²) in [5, 5.41) is 14.5. The van der Waals surface area contributed by atoms with E-state index in [1.165, 1.54) is 0 Å². The van der Waals surface area contributed by atoms with Crippen LogP contribution in [0.2, 0.25) is 12.6 Å². The maximum atomic E-state index is 11.1. The van der Waals surface area contributed by atoms with Crippen LogP contribution in [0.4, 0.5) is 0 Å². The molecule has 126 valence electrons. The molecule has 0 aromatic heterocycles. The largest absolute Gasteiger partial charge is 0.462 e. The van der Waals surface area contributed by atoms with E-state index in [2.05, 4.69) is 12.0 Å². The Labute approximate surface area is 132 Å². The summed E-state index contributed by atoms with van der Waals surface area (Å²) in [5.41, 5.74) is 0.391. The number of carbonyl (C=O) groups excluding carboxylic acids is 1. The molecule has 6 nitrogen and oxygen atoms in total. The number of ether oxygens (including phenoxy) is 1. The summed E-state index contributed by atoms with van der Waals surface area (Å²) in [4.78, 5) is 11.1. The topological polar surface area (TPSA) is 91.0 Å². The standard InChI is InChI=1S/C13H26O5Si.H5NSi/c1-11(2)13(15)18-9-6-7-12(14)8-10-19(5,16-3)17-4;1-2/h12,14H,1,6-10H2,2-5H3;1H2,2H3. The van der Waals surface area contributed by atoms with Crippen molar-refractivity contribution in [3.05, 3.63) is 12.2 Å². The summed E-state index contributed by atoms with van der Waals surface area (Å²) in [5.74, 6) is -0.381. The first-order valence-corrected chi connectivity index (χ1v) is 10.7. The zero-order valence-electron chi connectivity index (χ0n) is 14.0. The second kappa shape index (κ2) is 13.2. The Morgan fingerprint density at radius 2 is 1.86 bits per heavy atom. The van der Waals surface area contributed by atoms with Crippen LogP contribution >= 0.6 is 0 Å². The lowest BCUT2D eigenvalue weighted by atomic mass is 10.1. The highest BCUT2D eigenvalue weighted by Crippen LogP contribution is 2.17. The maximum Gasteiger partial charge on any atom is 0.334 e. The summed E-state index contributed by atoms with van der Waals surface area (Å²) in [7, 11) is 1.98. The van der Waals surface area contributed by atoms with Crippen LogP contribution < -0.4 is 5.40 Å². The molecule has 1 atom stereocenters. The molecule has 0 heterocycles. The van der Waals surface area contributed by atoms with Gasteiger partial charge in [0.15, 0.2) is 0 Å². The Bertz CT molecular complexity index is 298. The Hall–Kier alpha value is -0.516. The highest BCUT2D eigenvalue weighted by atomic mass is 28.4. The molecule has 0 bridgehead atoms. The average Bonchev–Trinajstić information content (AvgIpc) is 2.50. The molecule has 3 N–H and O–H groups in total. The minimum absolute atomic E-state index is 0.312. The van der Waals surface area contributed by atoms with E-state index < -0.39 is 14.7 Å². The molecular weight excluding hydrogens is 306 g/mol. The molecule has 0 aromatic rings. The van der Waals surface area contributed by atoms with Gasteiger partial charge in [0, 0.05) is 19.8 Å². The van der Waals surface area contributed by atoms with E-state index in [4.69, 9.17) is 13.6 Å². The van der Waals surface area contributed by atoms with E-state index in [0.29, 0.717) is 31.4 Å². The number of esters is 1. The predicted molar refractivity (Wildman–Crippen MR) is 90.2 cm³/mol. The lowest BCUT2D eigenvalue weighted by molar-refractivity contribution is -0.139. The van der Waals surface area contributed by atoms with Crippen LogP contribution in [0.25, 0.3) is 0 Å². The van der Waals surface area contributed by atoms with Crippen molar-refractivity contribution in [3.63, 3.8) is 0 Å². The number of hydrogen-bond donors (Lipinski definition) is 2. The predicted octanol–water partition coefficient (Wildman–Crippen LogP) is 0.227. The Morgan fingerprint density at radius 3 is 2.29 bits per heavy atom. The van der Waals surface area contributed by atoms with Crippen molar-refractivity contribution in [2.24, 2.45) is 5.40 Å². The summed E-state index contributed by atoms with van der Waals surface area (Å²) in [6.45, 7) is 7.38. The van der Waals surface area contributed by atoms with Crippen molar-refractivity contribution in [1.29, 1.82) is 0 Å². The van der Waals surface area contributed by atoms with E-state index in [9.17, 15) is 9.90 Å². The van der Waals surface area contributed by atoms with E-state index in [1.54, 1.807) is 21.1 Å². The van der Waals surface area contributed by atoms with Gasteiger partial charge in [-0.3, -0.25) is 0 Å². The van der Waals surface area contributed by atoms with E-state index in [-0.39, 0.29) is 5.97 Å². The summed E-state index contributed by atoms with van der Waals surface area (Å²) >= 11 is 0. The van der Waals surface area contributed by atoms with Gasteiger partial charge in [0.2, 0.25) is 0 Å². The van der Waals surface area contributed by atoms with Crippen molar-refractivity contribution in [1.82, 2.24) is 0 Å². The number of aliphatic hydroxyl groups is 1. The molecule has 0 aliphatic carbocycles. The first-order chi connectivity index (χ1) is 9.84. The molecule has 1 unspecified atom stereocenters. The number of carbonyl (C=O) groups is 1. The van der Waals surface area contributed by atoms with E-state index >= 15 is 0 Å². The van der Waals surface area contributed by atoms with Gasteiger partial charge < -0.3 is 24.1 Å². The minimum atomic E-state index is -2.10. The highest BCUT2D eigenvalue weighted by Gasteiger charge is 2.29. The van der Waals surface area contributed by atoms with Crippen molar-refractivity contribution in [2.45, 2.75) is 44.9 Å². The maximum absolute atomic E-state index is 11.1. The highest BCUT2D eigenvalue weighted by molar-refractivity contribution is 6.65. The Balaban J connectivity index is 0. The number of rotatable bonds is 10. The molecule has 21 heavy (non-hydrogen) atoms. The van der Waals surface area contributed by atoms with Gasteiger partial charge in [-0.1, -0.05) is 6.58 Å². The molecule has 0 radical (unpaired) electrons. The molecule has 0 amide bonds.